The Morgan fingerprint density at radius 3 is 2.67 bits per heavy atom. The summed E-state index contributed by atoms with van der Waals surface area (Å²) in [5.41, 5.74) is 6.13. The zero-order valence-corrected chi connectivity index (χ0v) is 11.7. The van der Waals surface area contributed by atoms with Crippen LogP contribution in [-0.2, 0) is 15.8 Å². The van der Waals surface area contributed by atoms with Gasteiger partial charge in [0.05, 0.1) is 23.1 Å². The number of halogens is 1. The largest absolute Gasteiger partial charge is 0.399 e. The van der Waals surface area contributed by atoms with Crippen molar-refractivity contribution in [1.82, 2.24) is 0 Å². The van der Waals surface area contributed by atoms with Gasteiger partial charge >= 0.3 is 0 Å². The Morgan fingerprint density at radius 2 is 1.95 bits per heavy atom. The van der Waals surface area contributed by atoms with Gasteiger partial charge in [-0.2, -0.15) is 5.26 Å². The second-order valence-electron chi connectivity index (χ2n) is 4.37. The molecule has 0 fully saturated rings. The predicted molar refractivity (Wildman–Crippen MR) is 78.2 cm³/mol. The molecule has 0 aliphatic rings. The predicted octanol–water partition coefficient (Wildman–Crippen LogP) is 2.22. The molecule has 0 saturated carbocycles. The summed E-state index contributed by atoms with van der Waals surface area (Å²) in [6, 6.07) is 11.9. The molecule has 0 spiro atoms. The molecule has 3 N–H and O–H groups in total. The molecule has 0 unspecified atom stereocenters. The number of nitrogens with two attached hydrogens (primary N) is 1. The van der Waals surface area contributed by atoms with Gasteiger partial charge in [-0.25, -0.2) is 12.8 Å². The van der Waals surface area contributed by atoms with Crippen molar-refractivity contribution in [3.8, 4) is 6.07 Å². The Hall–Kier alpha value is -2.59. The van der Waals surface area contributed by atoms with Crippen molar-refractivity contribution < 1.29 is 12.8 Å². The second kappa shape index (κ2) is 5.81. The zero-order chi connectivity index (χ0) is 15.5. The monoisotopic (exact) mass is 305 g/mol. The number of hydrogen-bond donors (Lipinski definition) is 2. The highest BCUT2D eigenvalue weighted by atomic mass is 32.2. The fraction of sp³-hybridized carbons (Fsp3) is 0.0714. The average molecular weight is 305 g/mol. The van der Waals surface area contributed by atoms with Crippen LogP contribution in [-0.4, -0.2) is 8.42 Å². The summed E-state index contributed by atoms with van der Waals surface area (Å²) in [7, 11) is -3.86. The van der Waals surface area contributed by atoms with E-state index in [4.69, 9.17) is 11.0 Å². The number of nitrogens with one attached hydrogen (secondary N) is 1. The molecule has 2 aromatic rings. The first-order chi connectivity index (χ1) is 9.91. The molecule has 0 radical (unpaired) electrons. The summed E-state index contributed by atoms with van der Waals surface area (Å²) in [4.78, 5) is 0. The van der Waals surface area contributed by atoms with Crippen LogP contribution in [0.3, 0.4) is 0 Å². The molecule has 0 aliphatic heterocycles. The van der Waals surface area contributed by atoms with Crippen LogP contribution in [0.25, 0.3) is 0 Å². The number of rotatable bonds is 4. The van der Waals surface area contributed by atoms with Crippen LogP contribution in [0.15, 0.2) is 42.5 Å². The fourth-order valence-electron chi connectivity index (χ4n) is 1.78. The van der Waals surface area contributed by atoms with Crippen LogP contribution in [0.1, 0.15) is 11.1 Å². The third-order valence-corrected chi connectivity index (χ3v) is 3.96. The fourth-order valence-corrected chi connectivity index (χ4v) is 3.01. The van der Waals surface area contributed by atoms with Crippen LogP contribution in [0.2, 0.25) is 0 Å². The molecule has 0 amide bonds. The molecule has 2 rings (SSSR count). The van der Waals surface area contributed by atoms with Crippen molar-refractivity contribution in [2.75, 3.05) is 10.5 Å². The van der Waals surface area contributed by atoms with E-state index in [1.54, 1.807) is 12.1 Å². The topological polar surface area (TPSA) is 96.0 Å². The van der Waals surface area contributed by atoms with Crippen LogP contribution >= 0.6 is 0 Å². The lowest BCUT2D eigenvalue weighted by Crippen LogP contribution is -2.16. The summed E-state index contributed by atoms with van der Waals surface area (Å²) >= 11 is 0. The van der Waals surface area contributed by atoms with E-state index in [0.29, 0.717) is 5.56 Å². The number of nitrogen functional groups attached to an aromatic ring is 1. The van der Waals surface area contributed by atoms with Gasteiger partial charge in [0.25, 0.3) is 0 Å². The Bertz CT molecular complexity index is 813. The molecule has 0 bridgehead atoms. The van der Waals surface area contributed by atoms with Crippen molar-refractivity contribution >= 4 is 21.4 Å². The van der Waals surface area contributed by atoms with E-state index >= 15 is 0 Å². The van der Waals surface area contributed by atoms with Crippen molar-refractivity contribution in [1.29, 1.82) is 5.26 Å². The van der Waals surface area contributed by atoms with Crippen molar-refractivity contribution in [3.63, 3.8) is 0 Å². The molecule has 0 heterocycles. The minimum atomic E-state index is -3.86. The Kier molecular flexibility index (Phi) is 4.10. The smallest absolute Gasteiger partial charge is 0.237 e. The number of hydrogen-bond acceptors (Lipinski definition) is 4. The highest BCUT2D eigenvalue weighted by Crippen LogP contribution is 2.20. The molecule has 0 atom stereocenters. The molecule has 108 valence electrons. The van der Waals surface area contributed by atoms with Crippen molar-refractivity contribution in [3.05, 3.63) is 59.4 Å². The van der Waals surface area contributed by atoms with E-state index in [0.717, 1.165) is 6.07 Å². The van der Waals surface area contributed by atoms with E-state index in [1.165, 1.54) is 24.3 Å². The first-order valence-corrected chi connectivity index (χ1v) is 7.60. The second-order valence-corrected chi connectivity index (χ2v) is 6.09. The molecule has 5 nitrogen and oxygen atoms in total. The number of sulfonamides is 1. The first kappa shape index (κ1) is 14.8. The number of benzene rings is 2. The van der Waals surface area contributed by atoms with Gasteiger partial charge in [0.15, 0.2) is 0 Å². The quantitative estimate of drug-likeness (QED) is 0.846. The highest BCUT2D eigenvalue weighted by Gasteiger charge is 2.16. The van der Waals surface area contributed by atoms with Gasteiger partial charge in [-0.1, -0.05) is 18.2 Å². The highest BCUT2D eigenvalue weighted by molar-refractivity contribution is 7.91. The van der Waals surface area contributed by atoms with E-state index in [-0.39, 0.29) is 16.9 Å². The van der Waals surface area contributed by atoms with Crippen LogP contribution < -0.4 is 10.5 Å². The van der Waals surface area contributed by atoms with Gasteiger partial charge in [-0.15, -0.1) is 0 Å². The third kappa shape index (κ3) is 3.70. The lowest BCUT2D eigenvalue weighted by molar-refractivity contribution is 0.598. The van der Waals surface area contributed by atoms with Gasteiger partial charge in [-0.3, -0.25) is 4.72 Å². The van der Waals surface area contributed by atoms with Crippen molar-refractivity contribution in [2.24, 2.45) is 0 Å². The van der Waals surface area contributed by atoms with Gasteiger partial charge in [0.1, 0.15) is 5.82 Å². The Labute approximate surface area is 121 Å². The summed E-state index contributed by atoms with van der Waals surface area (Å²) < 4.78 is 39.8. The lowest BCUT2D eigenvalue weighted by Gasteiger charge is -2.10. The standard InChI is InChI=1S/C14H12FN3O2S/c15-13-6-5-12(17)7-14(13)18-21(19,20)9-11-4-2-1-3-10(11)8-16/h1-7,18H,9,17H2. The Balaban J connectivity index is 2.27. The van der Waals surface area contributed by atoms with E-state index in [2.05, 4.69) is 4.72 Å². The van der Waals surface area contributed by atoms with Crippen LogP contribution in [0.5, 0.6) is 0 Å². The molecular formula is C14H12FN3O2S. The summed E-state index contributed by atoms with van der Waals surface area (Å²) in [6.07, 6.45) is 0. The maximum Gasteiger partial charge on any atom is 0.237 e. The van der Waals surface area contributed by atoms with Gasteiger partial charge in [0, 0.05) is 5.69 Å². The summed E-state index contributed by atoms with van der Waals surface area (Å²) in [5.74, 6) is -1.15. The van der Waals surface area contributed by atoms with E-state index in [1.807, 2.05) is 6.07 Å². The summed E-state index contributed by atoms with van der Waals surface area (Å²) in [6.45, 7) is 0. The number of nitriles is 1. The zero-order valence-electron chi connectivity index (χ0n) is 10.9. The molecule has 0 aromatic heterocycles. The maximum atomic E-state index is 13.5. The maximum absolute atomic E-state index is 13.5. The molecule has 0 saturated heterocycles. The molecule has 2 aromatic carbocycles. The van der Waals surface area contributed by atoms with Crippen molar-refractivity contribution in [2.45, 2.75) is 5.75 Å². The number of nitrogens with zero attached hydrogens (tertiary/aromatic N) is 1. The van der Waals surface area contributed by atoms with Gasteiger partial charge in [0.2, 0.25) is 10.0 Å². The molecule has 7 heteroatoms. The molecule has 21 heavy (non-hydrogen) atoms. The molecule has 0 aliphatic carbocycles. The lowest BCUT2D eigenvalue weighted by atomic mass is 10.1. The average Bonchev–Trinajstić information content (AvgIpc) is 2.43. The number of anilines is 2. The van der Waals surface area contributed by atoms with Crippen LogP contribution in [0, 0.1) is 17.1 Å². The van der Waals surface area contributed by atoms with Gasteiger partial charge < -0.3 is 5.73 Å². The SMILES string of the molecule is N#Cc1ccccc1CS(=O)(=O)Nc1cc(N)ccc1F. The normalized spacial score (nSPS) is 10.9. The summed E-state index contributed by atoms with van der Waals surface area (Å²) in [5, 5.41) is 8.94. The third-order valence-electron chi connectivity index (χ3n) is 2.74. The first-order valence-electron chi connectivity index (χ1n) is 5.95. The minimum Gasteiger partial charge on any atom is -0.399 e. The Morgan fingerprint density at radius 1 is 1.24 bits per heavy atom. The van der Waals surface area contributed by atoms with E-state index < -0.39 is 21.6 Å². The van der Waals surface area contributed by atoms with Crippen LogP contribution in [0.4, 0.5) is 15.8 Å². The van der Waals surface area contributed by atoms with Gasteiger partial charge in [-0.05, 0) is 29.8 Å². The van der Waals surface area contributed by atoms with E-state index in [9.17, 15) is 12.8 Å². The molecular weight excluding hydrogens is 293 g/mol. The minimum absolute atomic E-state index is 0.218.